The summed E-state index contributed by atoms with van der Waals surface area (Å²) in [6, 6.07) is 0. The number of rotatable bonds is 57. The fourth-order valence-electron chi connectivity index (χ4n) is 9.86. The molecular weight excluding hydrogens is 1040 g/mol. The first-order chi connectivity index (χ1) is 40.6. The SMILES string of the molecule is CC/C=C\C/C=C\C/C=C\C/C=C\C/C=C\C/C=C\CCC(=O)OC1C(OCC(COC(=O)CCCCCCCCCCC/C=C\CCCCCCCC)OC(=O)CCCCCCCCCCCCCCCCC)OC(C(=O)O)C(O)C1O. The molecule has 12 heteroatoms. The Bertz CT molecular complexity index is 1760. The van der Waals surface area contributed by atoms with Gasteiger partial charge in [-0.15, -0.1) is 0 Å². The zero-order valence-corrected chi connectivity index (χ0v) is 52.7. The first-order valence-corrected chi connectivity index (χ1v) is 33.6. The third-order valence-electron chi connectivity index (χ3n) is 15.0. The summed E-state index contributed by atoms with van der Waals surface area (Å²) in [4.78, 5) is 51.3. The minimum absolute atomic E-state index is 0.0657. The van der Waals surface area contributed by atoms with Gasteiger partial charge in [0.1, 0.15) is 18.8 Å². The van der Waals surface area contributed by atoms with Crippen molar-refractivity contribution in [1.82, 2.24) is 0 Å². The van der Waals surface area contributed by atoms with Crippen LogP contribution in [0.3, 0.4) is 0 Å². The van der Waals surface area contributed by atoms with Gasteiger partial charge in [0.25, 0.3) is 0 Å². The van der Waals surface area contributed by atoms with Gasteiger partial charge in [0.2, 0.25) is 0 Å². The highest BCUT2D eigenvalue weighted by Gasteiger charge is 2.50. The second-order valence-electron chi connectivity index (χ2n) is 22.7. The van der Waals surface area contributed by atoms with E-state index >= 15 is 0 Å². The predicted molar refractivity (Wildman–Crippen MR) is 340 cm³/mol. The lowest BCUT2D eigenvalue weighted by atomic mass is 9.98. The van der Waals surface area contributed by atoms with Gasteiger partial charge in [0.15, 0.2) is 24.6 Å². The number of aliphatic hydroxyl groups excluding tert-OH is 2. The molecule has 0 aliphatic carbocycles. The Morgan fingerprint density at radius 3 is 1.20 bits per heavy atom. The number of allylic oxidation sites excluding steroid dienone is 14. The summed E-state index contributed by atoms with van der Waals surface area (Å²) in [5, 5.41) is 31.6. The third-order valence-corrected chi connectivity index (χ3v) is 15.0. The third kappa shape index (κ3) is 47.8. The Labute approximate surface area is 505 Å². The van der Waals surface area contributed by atoms with E-state index in [1.165, 1.54) is 154 Å². The quantitative estimate of drug-likeness (QED) is 0.0228. The number of carbonyl (C=O) groups is 4. The monoisotopic (exact) mass is 1160 g/mol. The molecule has 0 spiro atoms. The molecule has 6 unspecified atom stereocenters. The molecule has 0 aromatic rings. The fourth-order valence-corrected chi connectivity index (χ4v) is 9.86. The second-order valence-corrected chi connectivity index (χ2v) is 22.7. The zero-order chi connectivity index (χ0) is 60.3. The van der Waals surface area contributed by atoms with Crippen molar-refractivity contribution in [3.05, 3.63) is 85.1 Å². The second kappa shape index (κ2) is 58.3. The van der Waals surface area contributed by atoms with Crippen LogP contribution in [0, 0.1) is 0 Å². The number of carboxylic acid groups (broad SMARTS) is 1. The van der Waals surface area contributed by atoms with Crippen LogP contribution in [0.25, 0.3) is 0 Å². The molecule has 0 aromatic heterocycles. The summed E-state index contributed by atoms with van der Waals surface area (Å²) in [5.74, 6) is -3.21. The van der Waals surface area contributed by atoms with Crippen LogP contribution in [0.15, 0.2) is 85.1 Å². The molecule has 0 radical (unpaired) electrons. The molecule has 0 saturated carbocycles. The first kappa shape index (κ1) is 76.9. The Morgan fingerprint density at radius 2 is 0.783 bits per heavy atom. The molecule has 6 atom stereocenters. The van der Waals surface area contributed by atoms with Gasteiger partial charge in [0, 0.05) is 19.3 Å². The fraction of sp³-hybridized carbons (Fsp3) is 0.746. The maximum absolute atomic E-state index is 13.2. The Hall–Kier alpha value is -4.10. The molecule has 1 fully saturated rings. The van der Waals surface area contributed by atoms with Crippen molar-refractivity contribution in [3.63, 3.8) is 0 Å². The molecule has 1 aliphatic rings. The zero-order valence-electron chi connectivity index (χ0n) is 52.7. The minimum Gasteiger partial charge on any atom is -0.479 e. The van der Waals surface area contributed by atoms with E-state index in [1.807, 2.05) is 18.2 Å². The minimum atomic E-state index is -1.93. The van der Waals surface area contributed by atoms with E-state index in [9.17, 15) is 34.5 Å². The van der Waals surface area contributed by atoms with Crippen LogP contribution in [-0.4, -0.2) is 89.2 Å². The number of esters is 3. The Morgan fingerprint density at radius 1 is 0.410 bits per heavy atom. The van der Waals surface area contributed by atoms with Gasteiger partial charge < -0.3 is 39.0 Å². The van der Waals surface area contributed by atoms with E-state index in [2.05, 4.69) is 87.6 Å². The molecule has 0 aromatic carbocycles. The van der Waals surface area contributed by atoms with Crippen LogP contribution in [0.1, 0.15) is 290 Å². The number of hydrogen-bond donors (Lipinski definition) is 3. The van der Waals surface area contributed by atoms with E-state index in [0.717, 1.165) is 70.6 Å². The molecule has 83 heavy (non-hydrogen) atoms. The molecule has 1 saturated heterocycles. The van der Waals surface area contributed by atoms with Gasteiger partial charge in [0.05, 0.1) is 6.61 Å². The van der Waals surface area contributed by atoms with Crippen LogP contribution in [-0.2, 0) is 42.9 Å². The topological polar surface area (TPSA) is 175 Å². The number of ether oxygens (including phenoxy) is 5. The Kier molecular flexibility index (Phi) is 54.0. The largest absolute Gasteiger partial charge is 0.479 e. The summed E-state index contributed by atoms with van der Waals surface area (Å²) < 4.78 is 28.5. The van der Waals surface area contributed by atoms with Gasteiger partial charge in [-0.2, -0.15) is 0 Å². The van der Waals surface area contributed by atoms with E-state index in [0.29, 0.717) is 25.7 Å². The Balaban J connectivity index is 2.68. The predicted octanol–water partition coefficient (Wildman–Crippen LogP) is 18.2. The lowest BCUT2D eigenvalue weighted by Crippen LogP contribution is -2.61. The summed E-state index contributed by atoms with van der Waals surface area (Å²) in [7, 11) is 0. The molecule has 0 bridgehead atoms. The van der Waals surface area contributed by atoms with Gasteiger partial charge in [-0.3, -0.25) is 14.4 Å². The van der Waals surface area contributed by atoms with Gasteiger partial charge >= 0.3 is 23.9 Å². The van der Waals surface area contributed by atoms with E-state index < -0.39 is 67.3 Å². The lowest BCUT2D eigenvalue weighted by Gasteiger charge is -2.40. The smallest absolute Gasteiger partial charge is 0.335 e. The molecular formula is C71H120O12. The van der Waals surface area contributed by atoms with Crippen LogP contribution >= 0.6 is 0 Å². The van der Waals surface area contributed by atoms with Crippen LogP contribution in [0.4, 0.5) is 0 Å². The van der Waals surface area contributed by atoms with Gasteiger partial charge in [-0.1, -0.05) is 273 Å². The van der Waals surface area contributed by atoms with Gasteiger partial charge in [-0.05, 0) is 83.5 Å². The number of aliphatic carboxylic acids is 1. The van der Waals surface area contributed by atoms with E-state index in [-0.39, 0.29) is 25.9 Å². The van der Waals surface area contributed by atoms with Crippen molar-refractivity contribution in [2.24, 2.45) is 0 Å². The number of unbranched alkanes of at least 4 members (excludes halogenated alkanes) is 29. The molecule has 1 rings (SSSR count). The number of hydrogen-bond acceptors (Lipinski definition) is 11. The standard InChI is InChI=1S/C71H120O12/c1-4-7-10-13-16-19-22-25-28-30-32-34-37-39-42-45-48-51-54-57-63(72)79-60-62(81-64(73)58-55-52-49-46-43-40-36-27-24-21-18-15-12-9-6-3)61-80-71-69(67(76)66(75)68(83-71)70(77)78)82-65(74)59-56-53-50-47-44-41-38-35-33-31-29-26-23-20-17-14-11-8-5-2/h8,11,17,20,25-26,28-29,33,35,41,44,50,53,62,66-69,71,75-76H,4-7,9-10,12-16,18-19,21-24,27,30-32,34,36-40,42-43,45-49,51-52,54-61H2,1-3H3,(H,77,78)/b11-8-,20-17-,28-25-,29-26-,35-33-,44-41-,53-50-. The highest BCUT2D eigenvalue weighted by molar-refractivity contribution is 5.74. The average molecular weight is 1170 g/mol. The number of aliphatic hydroxyl groups is 2. The maximum atomic E-state index is 13.2. The van der Waals surface area contributed by atoms with Crippen LogP contribution in [0.5, 0.6) is 0 Å². The molecule has 12 nitrogen and oxygen atoms in total. The molecule has 476 valence electrons. The van der Waals surface area contributed by atoms with Crippen molar-refractivity contribution < 1.29 is 58.2 Å². The van der Waals surface area contributed by atoms with Gasteiger partial charge in [-0.25, -0.2) is 4.79 Å². The molecule has 1 aliphatic heterocycles. The van der Waals surface area contributed by atoms with Crippen molar-refractivity contribution in [2.45, 2.75) is 327 Å². The number of carboxylic acids is 1. The van der Waals surface area contributed by atoms with Crippen molar-refractivity contribution in [1.29, 1.82) is 0 Å². The van der Waals surface area contributed by atoms with Crippen LogP contribution < -0.4 is 0 Å². The van der Waals surface area contributed by atoms with E-state index in [4.69, 9.17) is 23.7 Å². The van der Waals surface area contributed by atoms with Crippen molar-refractivity contribution >= 4 is 23.9 Å². The van der Waals surface area contributed by atoms with Crippen molar-refractivity contribution in [3.8, 4) is 0 Å². The highest BCUT2D eigenvalue weighted by Crippen LogP contribution is 2.26. The first-order valence-electron chi connectivity index (χ1n) is 33.6. The lowest BCUT2D eigenvalue weighted by molar-refractivity contribution is -0.301. The summed E-state index contributed by atoms with van der Waals surface area (Å²) in [6.45, 7) is 5.88. The molecule has 0 amide bonds. The molecule has 1 heterocycles. The van der Waals surface area contributed by atoms with Crippen molar-refractivity contribution in [2.75, 3.05) is 13.2 Å². The summed E-state index contributed by atoms with van der Waals surface area (Å²) in [5.41, 5.74) is 0. The normalized spacial score (nSPS) is 18.1. The van der Waals surface area contributed by atoms with Crippen LogP contribution in [0.2, 0.25) is 0 Å². The average Bonchev–Trinajstić information content (AvgIpc) is 3.60. The van der Waals surface area contributed by atoms with E-state index in [1.54, 1.807) is 0 Å². The number of carbonyl (C=O) groups excluding carboxylic acids is 3. The maximum Gasteiger partial charge on any atom is 0.335 e. The summed E-state index contributed by atoms with van der Waals surface area (Å²) >= 11 is 0. The summed E-state index contributed by atoms with van der Waals surface area (Å²) in [6.07, 6.45) is 64.1. The molecule has 3 N–H and O–H groups in total. The highest BCUT2D eigenvalue weighted by atomic mass is 16.7.